The Labute approximate surface area is 92.7 Å². The van der Waals surface area contributed by atoms with Crippen LogP contribution >= 0.6 is 0 Å². The Morgan fingerprint density at radius 1 is 1.19 bits per heavy atom. The van der Waals surface area contributed by atoms with Gasteiger partial charge in [-0.15, -0.1) is 0 Å². The molecule has 88 valence electrons. The van der Waals surface area contributed by atoms with Gasteiger partial charge in [0.05, 0.1) is 0 Å². The lowest BCUT2D eigenvalue weighted by molar-refractivity contribution is -0.110. The number of benzene rings is 1. The van der Waals surface area contributed by atoms with Gasteiger partial charge in [-0.3, -0.25) is 0 Å². The fraction of sp³-hybridized carbons (Fsp3) is 0.500. The average molecular weight is 229 g/mol. The quantitative estimate of drug-likeness (QED) is 0.780. The molecule has 0 radical (unpaired) electrons. The maximum Gasteiger partial charge on any atom is 0.269 e. The second kappa shape index (κ2) is 3.77. The smallest absolute Gasteiger partial charge is 0.269 e. The zero-order valence-electron chi connectivity index (χ0n) is 9.06. The van der Waals surface area contributed by atoms with Crippen LogP contribution in [0.15, 0.2) is 24.3 Å². The van der Waals surface area contributed by atoms with Crippen LogP contribution in [0.5, 0.6) is 0 Å². The third kappa shape index (κ3) is 1.71. The SMILES string of the molecule is CC1(c2ccc(F)cc2)NCCCC1(F)F. The van der Waals surface area contributed by atoms with E-state index in [0.29, 0.717) is 18.5 Å². The minimum atomic E-state index is -2.80. The molecule has 16 heavy (non-hydrogen) atoms. The van der Waals surface area contributed by atoms with Crippen molar-refractivity contribution < 1.29 is 13.2 Å². The van der Waals surface area contributed by atoms with E-state index in [1.54, 1.807) is 0 Å². The zero-order chi connectivity index (χ0) is 11.8. The maximum absolute atomic E-state index is 13.9. The lowest BCUT2D eigenvalue weighted by atomic mass is 9.80. The molecule has 1 unspecified atom stereocenters. The van der Waals surface area contributed by atoms with Crippen LogP contribution in [0.1, 0.15) is 25.3 Å². The first-order valence-corrected chi connectivity index (χ1v) is 5.35. The summed E-state index contributed by atoms with van der Waals surface area (Å²) in [6.07, 6.45) is 0.331. The van der Waals surface area contributed by atoms with Crippen molar-refractivity contribution >= 4 is 0 Å². The average Bonchev–Trinajstić information content (AvgIpc) is 2.23. The summed E-state index contributed by atoms with van der Waals surface area (Å²) in [6.45, 7) is 2.03. The van der Waals surface area contributed by atoms with Gasteiger partial charge in [-0.1, -0.05) is 12.1 Å². The molecule has 1 aromatic rings. The van der Waals surface area contributed by atoms with Crippen molar-refractivity contribution in [2.75, 3.05) is 6.54 Å². The predicted octanol–water partition coefficient (Wildman–Crippen LogP) is 3.06. The molecule has 1 saturated heterocycles. The van der Waals surface area contributed by atoms with E-state index in [9.17, 15) is 13.2 Å². The van der Waals surface area contributed by atoms with Crippen molar-refractivity contribution in [2.45, 2.75) is 31.2 Å². The summed E-state index contributed by atoms with van der Waals surface area (Å²) in [4.78, 5) is 0. The van der Waals surface area contributed by atoms with Crippen LogP contribution in [-0.4, -0.2) is 12.5 Å². The molecule has 1 aliphatic rings. The van der Waals surface area contributed by atoms with Gasteiger partial charge in [-0.25, -0.2) is 13.2 Å². The van der Waals surface area contributed by atoms with Gasteiger partial charge in [0, 0.05) is 6.42 Å². The number of hydrogen-bond donors (Lipinski definition) is 1. The van der Waals surface area contributed by atoms with E-state index < -0.39 is 17.3 Å². The molecule has 0 aromatic heterocycles. The van der Waals surface area contributed by atoms with Crippen LogP contribution in [0.25, 0.3) is 0 Å². The topological polar surface area (TPSA) is 12.0 Å². The van der Waals surface area contributed by atoms with Crippen molar-refractivity contribution in [2.24, 2.45) is 0 Å². The third-order valence-electron chi connectivity index (χ3n) is 3.30. The van der Waals surface area contributed by atoms with Gasteiger partial charge in [0.2, 0.25) is 0 Å². The fourth-order valence-corrected chi connectivity index (χ4v) is 2.12. The largest absolute Gasteiger partial charge is 0.303 e. The van der Waals surface area contributed by atoms with E-state index >= 15 is 0 Å². The molecule has 2 rings (SSSR count). The zero-order valence-corrected chi connectivity index (χ0v) is 9.06. The summed E-state index contributed by atoms with van der Waals surface area (Å²) in [6, 6.07) is 5.27. The van der Waals surface area contributed by atoms with Gasteiger partial charge in [0.25, 0.3) is 5.92 Å². The third-order valence-corrected chi connectivity index (χ3v) is 3.30. The lowest BCUT2D eigenvalue weighted by Gasteiger charge is -2.42. The molecule has 1 aromatic carbocycles. The van der Waals surface area contributed by atoms with E-state index in [1.807, 2.05) is 0 Å². The second-order valence-electron chi connectivity index (χ2n) is 4.37. The maximum atomic E-state index is 13.9. The molecular weight excluding hydrogens is 215 g/mol. The highest BCUT2D eigenvalue weighted by Crippen LogP contribution is 2.42. The molecule has 0 amide bonds. The van der Waals surface area contributed by atoms with Crippen LogP contribution in [0.4, 0.5) is 13.2 Å². The Kier molecular flexibility index (Phi) is 2.70. The number of halogens is 3. The van der Waals surface area contributed by atoms with Gasteiger partial charge in [-0.05, 0) is 37.6 Å². The van der Waals surface area contributed by atoms with E-state index in [2.05, 4.69) is 5.32 Å². The highest BCUT2D eigenvalue weighted by molar-refractivity contribution is 5.28. The molecule has 0 bridgehead atoms. The van der Waals surface area contributed by atoms with E-state index in [1.165, 1.54) is 31.2 Å². The molecule has 1 atom stereocenters. The highest BCUT2D eigenvalue weighted by atomic mass is 19.3. The lowest BCUT2D eigenvalue weighted by Crippen LogP contribution is -2.57. The van der Waals surface area contributed by atoms with Crippen molar-refractivity contribution in [3.8, 4) is 0 Å². The number of piperidine rings is 1. The Morgan fingerprint density at radius 2 is 1.81 bits per heavy atom. The van der Waals surface area contributed by atoms with Crippen LogP contribution in [0.2, 0.25) is 0 Å². The van der Waals surface area contributed by atoms with Gasteiger partial charge in [0.15, 0.2) is 0 Å². The van der Waals surface area contributed by atoms with Gasteiger partial charge in [0.1, 0.15) is 11.4 Å². The molecule has 4 heteroatoms. The summed E-state index contributed by atoms with van der Waals surface area (Å²) in [5.74, 6) is -3.21. The van der Waals surface area contributed by atoms with Crippen LogP contribution in [-0.2, 0) is 5.54 Å². The normalized spacial score (nSPS) is 29.0. The summed E-state index contributed by atoms with van der Waals surface area (Å²) in [7, 11) is 0. The Morgan fingerprint density at radius 3 is 2.38 bits per heavy atom. The highest BCUT2D eigenvalue weighted by Gasteiger charge is 2.52. The molecule has 1 heterocycles. The first-order valence-electron chi connectivity index (χ1n) is 5.35. The number of hydrogen-bond acceptors (Lipinski definition) is 1. The Hall–Kier alpha value is -1.03. The number of rotatable bonds is 1. The molecule has 0 saturated carbocycles. The monoisotopic (exact) mass is 229 g/mol. The minimum absolute atomic E-state index is 0.131. The van der Waals surface area contributed by atoms with Crippen molar-refractivity contribution in [1.82, 2.24) is 5.32 Å². The first-order chi connectivity index (χ1) is 7.46. The van der Waals surface area contributed by atoms with Crippen LogP contribution < -0.4 is 5.32 Å². The predicted molar refractivity (Wildman–Crippen MR) is 55.9 cm³/mol. The van der Waals surface area contributed by atoms with Gasteiger partial charge in [-0.2, -0.15) is 0 Å². The summed E-state index contributed by atoms with van der Waals surface area (Å²) >= 11 is 0. The van der Waals surface area contributed by atoms with E-state index in [0.717, 1.165) is 0 Å². The molecule has 0 spiro atoms. The van der Waals surface area contributed by atoms with E-state index in [-0.39, 0.29) is 6.42 Å². The summed E-state index contributed by atoms with van der Waals surface area (Å²) < 4.78 is 40.5. The Bertz CT molecular complexity index is 374. The molecular formula is C12H14F3N. The van der Waals surface area contributed by atoms with Crippen LogP contribution in [0, 0.1) is 5.82 Å². The number of nitrogens with one attached hydrogen (secondary N) is 1. The second-order valence-corrected chi connectivity index (χ2v) is 4.37. The van der Waals surface area contributed by atoms with Crippen molar-refractivity contribution in [1.29, 1.82) is 0 Å². The van der Waals surface area contributed by atoms with E-state index in [4.69, 9.17) is 0 Å². The number of alkyl halides is 2. The summed E-state index contributed by atoms with van der Waals surface area (Å²) in [5.41, 5.74) is -0.961. The summed E-state index contributed by atoms with van der Waals surface area (Å²) in [5, 5.41) is 2.85. The van der Waals surface area contributed by atoms with Crippen molar-refractivity contribution in [3.05, 3.63) is 35.6 Å². The van der Waals surface area contributed by atoms with Gasteiger partial charge < -0.3 is 5.32 Å². The van der Waals surface area contributed by atoms with Gasteiger partial charge >= 0.3 is 0 Å². The molecule has 1 N–H and O–H groups in total. The Balaban J connectivity index is 2.39. The molecule has 0 aliphatic carbocycles. The van der Waals surface area contributed by atoms with Crippen LogP contribution in [0.3, 0.4) is 0 Å². The first kappa shape index (κ1) is 11.5. The minimum Gasteiger partial charge on any atom is -0.303 e. The molecule has 1 aliphatic heterocycles. The fourth-order valence-electron chi connectivity index (χ4n) is 2.12. The molecule has 1 fully saturated rings. The van der Waals surface area contributed by atoms with Crippen molar-refractivity contribution in [3.63, 3.8) is 0 Å². The standard InChI is InChI=1S/C12H14F3N/c1-11(9-3-5-10(13)6-4-9)12(14,15)7-2-8-16-11/h3-6,16H,2,7-8H2,1H3. The molecule has 1 nitrogen and oxygen atoms in total.